The second-order valence-electron chi connectivity index (χ2n) is 4.67. The van der Waals surface area contributed by atoms with Crippen molar-refractivity contribution in [2.24, 2.45) is 5.92 Å². The second-order valence-corrected chi connectivity index (χ2v) is 5.53. The number of benzene rings is 1. The van der Waals surface area contributed by atoms with E-state index in [0.717, 1.165) is 42.7 Å². The fraction of sp³-hybridized carbons (Fsp3) is 0.500. The second kappa shape index (κ2) is 6.21. The molecule has 0 amide bonds. The van der Waals surface area contributed by atoms with Gasteiger partial charge in [-0.2, -0.15) is 5.26 Å². The molecule has 1 atom stereocenters. The summed E-state index contributed by atoms with van der Waals surface area (Å²) in [6, 6.07) is 8.53. The van der Waals surface area contributed by atoms with Crippen LogP contribution in [0, 0.1) is 17.2 Å². The maximum Gasteiger partial charge on any atom is 0.133 e. The number of nitrogens with zero attached hydrogens (tertiary/aromatic N) is 2. The van der Waals surface area contributed by atoms with E-state index in [1.165, 1.54) is 5.56 Å². The van der Waals surface area contributed by atoms with Crippen LogP contribution < -0.4 is 4.74 Å². The van der Waals surface area contributed by atoms with E-state index < -0.39 is 0 Å². The topological polar surface area (TPSA) is 36.3 Å². The monoisotopic (exact) mass is 308 g/mol. The van der Waals surface area contributed by atoms with Crippen molar-refractivity contribution < 1.29 is 4.74 Å². The van der Waals surface area contributed by atoms with Gasteiger partial charge in [0.2, 0.25) is 0 Å². The van der Waals surface area contributed by atoms with Crippen LogP contribution >= 0.6 is 15.9 Å². The number of hydrogen-bond donors (Lipinski definition) is 0. The molecule has 0 N–H and O–H groups in total. The number of rotatable bonds is 3. The van der Waals surface area contributed by atoms with E-state index in [9.17, 15) is 0 Å². The molecular formula is C14H17BrN2O. The molecule has 0 aliphatic carbocycles. The molecule has 1 aliphatic rings. The highest BCUT2D eigenvalue weighted by Crippen LogP contribution is 2.26. The molecule has 1 fully saturated rings. The van der Waals surface area contributed by atoms with Crippen molar-refractivity contribution >= 4 is 15.9 Å². The minimum Gasteiger partial charge on any atom is -0.496 e. The average molecular weight is 309 g/mol. The number of nitriles is 1. The minimum absolute atomic E-state index is 0.195. The summed E-state index contributed by atoms with van der Waals surface area (Å²) in [6.07, 6.45) is 2.16. The lowest BCUT2D eigenvalue weighted by molar-refractivity contribution is 0.192. The highest BCUT2D eigenvalue weighted by atomic mass is 79.9. The van der Waals surface area contributed by atoms with Gasteiger partial charge in [0, 0.05) is 13.1 Å². The van der Waals surface area contributed by atoms with Gasteiger partial charge in [0.25, 0.3) is 0 Å². The smallest absolute Gasteiger partial charge is 0.133 e. The van der Waals surface area contributed by atoms with Crippen LogP contribution in [0.15, 0.2) is 22.7 Å². The summed E-state index contributed by atoms with van der Waals surface area (Å²) in [4.78, 5) is 2.35. The van der Waals surface area contributed by atoms with Gasteiger partial charge in [-0.05, 0) is 53.0 Å². The van der Waals surface area contributed by atoms with Gasteiger partial charge in [0.05, 0.1) is 23.6 Å². The summed E-state index contributed by atoms with van der Waals surface area (Å²) in [5.41, 5.74) is 1.25. The molecule has 3 nitrogen and oxygen atoms in total. The molecule has 1 aromatic rings. The van der Waals surface area contributed by atoms with Crippen LogP contribution in [-0.2, 0) is 6.54 Å². The van der Waals surface area contributed by atoms with Crippen molar-refractivity contribution in [3.63, 3.8) is 0 Å². The average Bonchev–Trinajstić information content (AvgIpc) is 2.39. The Morgan fingerprint density at radius 3 is 3.06 bits per heavy atom. The van der Waals surface area contributed by atoms with E-state index in [0.29, 0.717) is 0 Å². The Labute approximate surface area is 116 Å². The quantitative estimate of drug-likeness (QED) is 0.860. The first-order valence-corrected chi connectivity index (χ1v) is 6.96. The lowest BCUT2D eigenvalue weighted by Crippen LogP contribution is -2.34. The maximum absolute atomic E-state index is 8.99. The van der Waals surface area contributed by atoms with Crippen molar-refractivity contribution in [3.05, 3.63) is 28.2 Å². The van der Waals surface area contributed by atoms with Crippen LogP contribution in [0.4, 0.5) is 0 Å². The van der Waals surface area contributed by atoms with Gasteiger partial charge in [-0.25, -0.2) is 0 Å². The Balaban J connectivity index is 2.01. The van der Waals surface area contributed by atoms with E-state index in [1.807, 2.05) is 6.07 Å². The molecule has 1 unspecified atom stereocenters. The van der Waals surface area contributed by atoms with Crippen LogP contribution in [-0.4, -0.2) is 25.1 Å². The third kappa shape index (κ3) is 3.24. The Morgan fingerprint density at radius 1 is 1.56 bits per heavy atom. The molecule has 0 bridgehead atoms. The van der Waals surface area contributed by atoms with Gasteiger partial charge >= 0.3 is 0 Å². The fourth-order valence-electron chi connectivity index (χ4n) is 2.37. The highest BCUT2D eigenvalue weighted by molar-refractivity contribution is 9.10. The first-order valence-electron chi connectivity index (χ1n) is 6.17. The van der Waals surface area contributed by atoms with Crippen LogP contribution in [0.2, 0.25) is 0 Å². The standard InChI is InChI=1S/C14H17BrN2O/c1-18-14-5-4-11(7-13(14)15)9-17-6-2-3-12(8-16)10-17/h4-5,7,12H,2-3,6,9-10H2,1H3. The Hall–Kier alpha value is -1.05. The fourth-order valence-corrected chi connectivity index (χ4v) is 2.96. The van der Waals surface area contributed by atoms with E-state index in [4.69, 9.17) is 10.00 Å². The van der Waals surface area contributed by atoms with E-state index in [1.54, 1.807) is 7.11 Å². The minimum atomic E-state index is 0.195. The van der Waals surface area contributed by atoms with Crippen LogP contribution in [0.1, 0.15) is 18.4 Å². The van der Waals surface area contributed by atoms with Crippen LogP contribution in [0.3, 0.4) is 0 Å². The van der Waals surface area contributed by atoms with E-state index >= 15 is 0 Å². The zero-order valence-corrected chi connectivity index (χ0v) is 12.1. The summed E-state index contributed by atoms with van der Waals surface area (Å²) in [5, 5.41) is 8.99. The molecule has 0 aromatic heterocycles. The van der Waals surface area contributed by atoms with E-state index in [-0.39, 0.29) is 5.92 Å². The van der Waals surface area contributed by atoms with Crippen LogP contribution in [0.5, 0.6) is 5.75 Å². The van der Waals surface area contributed by atoms with Crippen molar-refractivity contribution in [2.75, 3.05) is 20.2 Å². The molecule has 96 valence electrons. The molecule has 0 spiro atoms. The zero-order valence-electron chi connectivity index (χ0n) is 10.5. The SMILES string of the molecule is COc1ccc(CN2CCCC(C#N)C2)cc1Br. The summed E-state index contributed by atoms with van der Waals surface area (Å²) in [6.45, 7) is 2.88. The van der Waals surface area contributed by atoms with Gasteiger partial charge in [-0.1, -0.05) is 6.07 Å². The maximum atomic E-state index is 8.99. The first kappa shape index (κ1) is 13.4. The molecule has 1 aromatic carbocycles. The third-order valence-corrected chi connectivity index (χ3v) is 3.93. The summed E-state index contributed by atoms with van der Waals surface area (Å²) in [5.74, 6) is 1.05. The number of ether oxygens (including phenoxy) is 1. The molecule has 1 heterocycles. The normalized spacial score (nSPS) is 20.4. The third-order valence-electron chi connectivity index (χ3n) is 3.31. The zero-order chi connectivity index (χ0) is 13.0. The molecule has 1 saturated heterocycles. The van der Waals surface area contributed by atoms with Gasteiger partial charge < -0.3 is 4.74 Å². The number of likely N-dealkylation sites (tertiary alicyclic amines) is 1. The van der Waals surface area contributed by atoms with Crippen molar-refractivity contribution in [3.8, 4) is 11.8 Å². The number of hydrogen-bond acceptors (Lipinski definition) is 3. The summed E-state index contributed by atoms with van der Waals surface area (Å²) < 4.78 is 6.20. The highest BCUT2D eigenvalue weighted by Gasteiger charge is 2.19. The molecule has 4 heteroatoms. The summed E-state index contributed by atoms with van der Waals surface area (Å²) >= 11 is 3.50. The van der Waals surface area contributed by atoms with Crippen molar-refractivity contribution in [1.82, 2.24) is 4.90 Å². The Bertz CT molecular complexity index is 456. The predicted molar refractivity (Wildman–Crippen MR) is 74.3 cm³/mol. The molecule has 1 aliphatic heterocycles. The lowest BCUT2D eigenvalue weighted by Gasteiger charge is -2.29. The van der Waals surface area contributed by atoms with Crippen molar-refractivity contribution in [2.45, 2.75) is 19.4 Å². The Morgan fingerprint density at radius 2 is 2.39 bits per heavy atom. The number of piperidine rings is 1. The van der Waals surface area contributed by atoms with Gasteiger partial charge in [-0.3, -0.25) is 4.90 Å². The van der Waals surface area contributed by atoms with Gasteiger partial charge in [0.15, 0.2) is 0 Å². The molecule has 0 saturated carbocycles. The van der Waals surface area contributed by atoms with Crippen LogP contribution in [0.25, 0.3) is 0 Å². The number of halogens is 1. The molecular weight excluding hydrogens is 292 g/mol. The van der Waals surface area contributed by atoms with Gasteiger partial charge in [0.1, 0.15) is 5.75 Å². The van der Waals surface area contributed by atoms with Gasteiger partial charge in [-0.15, -0.1) is 0 Å². The predicted octanol–water partition coefficient (Wildman–Crippen LogP) is 3.19. The van der Waals surface area contributed by atoms with Crippen molar-refractivity contribution in [1.29, 1.82) is 5.26 Å². The largest absolute Gasteiger partial charge is 0.496 e. The lowest BCUT2D eigenvalue weighted by atomic mass is 9.99. The van der Waals surface area contributed by atoms with E-state index in [2.05, 4.69) is 39.0 Å². The first-order chi connectivity index (χ1) is 8.72. The summed E-state index contributed by atoms with van der Waals surface area (Å²) in [7, 11) is 1.67. The molecule has 2 rings (SSSR count). The number of methoxy groups -OCH3 is 1. The Kier molecular flexibility index (Phi) is 4.62. The molecule has 0 radical (unpaired) electrons. The molecule has 18 heavy (non-hydrogen) atoms.